The summed E-state index contributed by atoms with van der Waals surface area (Å²) in [5.74, 6) is -1.16. The Bertz CT molecular complexity index is 670. The fourth-order valence-electron chi connectivity index (χ4n) is 2.07. The van der Waals surface area contributed by atoms with Gasteiger partial charge in [0.2, 0.25) is 5.76 Å². The van der Waals surface area contributed by atoms with Gasteiger partial charge in [0, 0.05) is 4.90 Å². The van der Waals surface area contributed by atoms with Crippen LogP contribution in [0.15, 0.2) is 76.2 Å². The minimum Gasteiger partial charge on any atom is -0.489 e. The highest BCUT2D eigenvalue weighted by Crippen LogP contribution is 2.43. The third-order valence-electron chi connectivity index (χ3n) is 3.10. The van der Waals surface area contributed by atoms with E-state index in [0.717, 1.165) is 11.8 Å². The van der Waals surface area contributed by atoms with Crippen LogP contribution >= 0.6 is 11.8 Å². The molecule has 0 aliphatic carbocycles. The molecule has 1 unspecified atom stereocenters. The van der Waals surface area contributed by atoms with Gasteiger partial charge >= 0.3 is 6.18 Å². The monoisotopic (exact) mass is 354 g/mol. The summed E-state index contributed by atoms with van der Waals surface area (Å²) in [6, 6.07) is 16.8. The summed E-state index contributed by atoms with van der Waals surface area (Å²) in [6.45, 7) is 1.33. The summed E-state index contributed by atoms with van der Waals surface area (Å²) in [5, 5.41) is 10.5. The van der Waals surface area contributed by atoms with Crippen LogP contribution in [0, 0.1) is 0 Å². The molecule has 0 radical (unpaired) electrons. The number of benzene rings is 2. The lowest BCUT2D eigenvalue weighted by Crippen LogP contribution is -2.19. The van der Waals surface area contributed by atoms with Crippen LogP contribution in [0.3, 0.4) is 0 Å². The Kier molecular flexibility index (Phi) is 6.34. The molecule has 2 nitrogen and oxygen atoms in total. The van der Waals surface area contributed by atoms with Gasteiger partial charge in [-0.15, -0.1) is 0 Å². The highest BCUT2D eigenvalue weighted by Gasteiger charge is 2.40. The molecule has 0 saturated heterocycles. The van der Waals surface area contributed by atoms with Crippen molar-refractivity contribution in [1.29, 1.82) is 0 Å². The Balaban J connectivity index is 2.51. The second kappa shape index (κ2) is 8.26. The minimum atomic E-state index is -4.69. The topological polar surface area (TPSA) is 29.5 Å². The normalized spacial score (nSPS) is 14.0. The number of halogens is 3. The number of hydrogen-bond acceptors (Lipinski definition) is 3. The molecule has 2 rings (SSSR count). The first-order valence-corrected chi connectivity index (χ1v) is 8.15. The van der Waals surface area contributed by atoms with E-state index in [0.29, 0.717) is 10.5 Å². The van der Waals surface area contributed by atoms with Gasteiger partial charge in [-0.25, -0.2) is 0 Å². The third-order valence-corrected chi connectivity index (χ3v) is 4.24. The molecule has 0 aliphatic rings. The maximum atomic E-state index is 13.4. The van der Waals surface area contributed by atoms with Gasteiger partial charge in [0.1, 0.15) is 6.10 Å². The number of aliphatic hydroxyl groups is 1. The molecule has 0 bridgehead atoms. The van der Waals surface area contributed by atoms with Crippen molar-refractivity contribution in [3.63, 3.8) is 0 Å². The van der Waals surface area contributed by atoms with Crippen molar-refractivity contribution in [2.75, 3.05) is 6.61 Å². The zero-order chi connectivity index (χ0) is 17.6. The summed E-state index contributed by atoms with van der Waals surface area (Å²) >= 11 is 0.851. The number of hydrogen-bond donors (Lipinski definition) is 1. The number of rotatable bonds is 6. The third kappa shape index (κ3) is 4.79. The van der Waals surface area contributed by atoms with Crippen molar-refractivity contribution < 1.29 is 23.0 Å². The second-order valence-corrected chi connectivity index (χ2v) is 5.97. The summed E-state index contributed by atoms with van der Waals surface area (Å²) in [4.78, 5) is 0.311. The largest absolute Gasteiger partial charge is 0.489 e. The Morgan fingerprint density at radius 1 is 1.04 bits per heavy atom. The van der Waals surface area contributed by atoms with Gasteiger partial charge in [0.25, 0.3) is 0 Å². The van der Waals surface area contributed by atoms with E-state index in [2.05, 4.69) is 0 Å². The zero-order valence-corrected chi connectivity index (χ0v) is 13.8. The summed E-state index contributed by atoms with van der Waals surface area (Å²) in [7, 11) is 0. The Morgan fingerprint density at radius 2 is 1.58 bits per heavy atom. The maximum Gasteiger partial charge on any atom is 0.449 e. The first-order valence-electron chi connectivity index (χ1n) is 7.33. The molecule has 0 heterocycles. The van der Waals surface area contributed by atoms with Crippen molar-refractivity contribution >= 4 is 11.8 Å². The molecule has 1 atom stereocenters. The highest BCUT2D eigenvalue weighted by molar-refractivity contribution is 8.03. The van der Waals surface area contributed by atoms with Crippen LogP contribution in [-0.4, -0.2) is 17.9 Å². The predicted molar refractivity (Wildman–Crippen MR) is 88.4 cm³/mol. The number of thioether (sulfide) groups is 1. The molecule has 2 aromatic carbocycles. The van der Waals surface area contributed by atoms with Gasteiger partial charge in [0.05, 0.1) is 11.5 Å². The van der Waals surface area contributed by atoms with Gasteiger partial charge in [-0.2, -0.15) is 13.2 Å². The SMILES string of the molecule is CCO/C(=C(/Sc1ccccc1)C(O)c1ccccc1)C(F)(F)F. The Labute approximate surface area is 143 Å². The van der Waals surface area contributed by atoms with Crippen LogP contribution in [0.4, 0.5) is 13.2 Å². The van der Waals surface area contributed by atoms with Crippen LogP contribution in [-0.2, 0) is 4.74 Å². The van der Waals surface area contributed by atoms with Gasteiger partial charge in [-0.05, 0) is 24.6 Å². The fraction of sp³-hybridized carbons (Fsp3) is 0.222. The molecule has 6 heteroatoms. The summed E-state index contributed by atoms with van der Waals surface area (Å²) < 4.78 is 45.1. The van der Waals surface area contributed by atoms with E-state index >= 15 is 0 Å². The standard InChI is InChI=1S/C18H17F3O2S/c1-2-23-17(18(19,20)21)16(24-14-11-7-4-8-12-14)15(22)13-9-5-3-6-10-13/h3-12,15,22H,2H2,1H3/b17-16+. The molecule has 1 N–H and O–H groups in total. The van der Waals surface area contributed by atoms with Gasteiger partial charge < -0.3 is 9.84 Å². The average Bonchev–Trinajstić information content (AvgIpc) is 2.58. The molecule has 0 saturated carbocycles. The predicted octanol–water partition coefficient (Wildman–Crippen LogP) is 5.32. The number of ether oxygens (including phenoxy) is 1. The van der Waals surface area contributed by atoms with E-state index in [1.54, 1.807) is 60.7 Å². The number of aliphatic hydroxyl groups excluding tert-OH is 1. The first kappa shape index (κ1) is 18.4. The highest BCUT2D eigenvalue weighted by atomic mass is 32.2. The molecule has 24 heavy (non-hydrogen) atoms. The molecular weight excluding hydrogens is 337 g/mol. The van der Waals surface area contributed by atoms with Crippen molar-refractivity contribution in [3.8, 4) is 0 Å². The summed E-state index contributed by atoms with van der Waals surface area (Å²) in [5.41, 5.74) is 0.373. The quantitative estimate of drug-likeness (QED) is 0.562. The van der Waals surface area contributed by atoms with Crippen LogP contribution in [0.5, 0.6) is 0 Å². The van der Waals surface area contributed by atoms with E-state index in [1.165, 1.54) is 6.92 Å². The number of alkyl halides is 3. The molecule has 128 valence electrons. The molecule has 2 aromatic rings. The molecule has 0 aliphatic heterocycles. The molecule has 0 amide bonds. The first-order chi connectivity index (χ1) is 11.4. The fourth-order valence-corrected chi connectivity index (χ4v) is 3.13. The Hall–Kier alpha value is -1.92. The smallest absolute Gasteiger partial charge is 0.449 e. The van der Waals surface area contributed by atoms with E-state index < -0.39 is 18.0 Å². The van der Waals surface area contributed by atoms with Crippen molar-refractivity contribution in [1.82, 2.24) is 0 Å². The van der Waals surface area contributed by atoms with Crippen molar-refractivity contribution in [3.05, 3.63) is 76.9 Å². The maximum absolute atomic E-state index is 13.4. The average molecular weight is 354 g/mol. The molecule has 0 fully saturated rings. The van der Waals surface area contributed by atoms with Crippen molar-refractivity contribution in [2.24, 2.45) is 0 Å². The van der Waals surface area contributed by atoms with Crippen LogP contribution in [0.25, 0.3) is 0 Å². The Morgan fingerprint density at radius 3 is 2.08 bits per heavy atom. The molecule has 0 aromatic heterocycles. The zero-order valence-electron chi connectivity index (χ0n) is 13.0. The lowest BCUT2D eigenvalue weighted by atomic mass is 10.1. The van der Waals surface area contributed by atoms with Gasteiger partial charge in [-0.1, -0.05) is 60.3 Å². The molecule has 0 spiro atoms. The van der Waals surface area contributed by atoms with Crippen LogP contribution in [0.2, 0.25) is 0 Å². The lowest BCUT2D eigenvalue weighted by molar-refractivity contribution is -0.131. The second-order valence-electron chi connectivity index (χ2n) is 4.85. The van der Waals surface area contributed by atoms with Gasteiger partial charge in [0.15, 0.2) is 0 Å². The van der Waals surface area contributed by atoms with E-state index in [9.17, 15) is 18.3 Å². The summed E-state index contributed by atoms with van der Waals surface area (Å²) in [6.07, 6.45) is -6.12. The van der Waals surface area contributed by atoms with E-state index in [-0.39, 0.29) is 11.5 Å². The van der Waals surface area contributed by atoms with E-state index in [1.807, 2.05) is 0 Å². The molecular formula is C18H17F3O2S. The lowest BCUT2D eigenvalue weighted by Gasteiger charge is -2.21. The van der Waals surface area contributed by atoms with Crippen LogP contribution < -0.4 is 0 Å². The van der Waals surface area contributed by atoms with Crippen LogP contribution in [0.1, 0.15) is 18.6 Å². The van der Waals surface area contributed by atoms with Gasteiger partial charge in [-0.3, -0.25) is 0 Å². The number of allylic oxidation sites excluding steroid dienone is 1. The van der Waals surface area contributed by atoms with Crippen molar-refractivity contribution in [2.45, 2.75) is 24.1 Å². The minimum absolute atomic E-state index is 0.144. The van der Waals surface area contributed by atoms with E-state index in [4.69, 9.17) is 4.74 Å².